The molecule has 1 aromatic rings. The molecule has 24 heavy (non-hydrogen) atoms. The van der Waals surface area contributed by atoms with Crippen molar-refractivity contribution >= 4 is 23.2 Å². The number of dihydropyridines is 1. The van der Waals surface area contributed by atoms with E-state index in [1.54, 1.807) is 13.0 Å². The molecule has 4 heteroatoms. The second-order valence-corrected chi connectivity index (χ2v) is 7.75. The van der Waals surface area contributed by atoms with Gasteiger partial charge in [0.1, 0.15) is 0 Å². The van der Waals surface area contributed by atoms with Crippen LogP contribution < -0.4 is 5.32 Å². The highest BCUT2D eigenvalue weighted by molar-refractivity contribution is 6.30. The predicted octanol–water partition coefficient (Wildman–Crippen LogP) is 4.53. The minimum Gasteiger partial charge on any atom is -0.362 e. The molecule has 0 radical (unpaired) electrons. The number of carbonyl (C=O) groups is 2. The molecule has 0 amide bonds. The average Bonchev–Trinajstić information content (AvgIpc) is 2.50. The number of benzene rings is 1. The van der Waals surface area contributed by atoms with Crippen LogP contribution in [-0.2, 0) is 9.59 Å². The summed E-state index contributed by atoms with van der Waals surface area (Å²) in [5, 5.41) is 3.92. The summed E-state index contributed by atoms with van der Waals surface area (Å²) in [5.74, 6) is -0.246. The Bertz CT molecular complexity index is 802. The first-order valence-electron chi connectivity index (χ1n) is 8.24. The first kappa shape index (κ1) is 17.0. The van der Waals surface area contributed by atoms with Gasteiger partial charge in [0.2, 0.25) is 0 Å². The van der Waals surface area contributed by atoms with Gasteiger partial charge in [-0.15, -0.1) is 0 Å². The highest BCUT2D eigenvalue weighted by atomic mass is 35.5. The van der Waals surface area contributed by atoms with Gasteiger partial charge in [-0.25, -0.2) is 0 Å². The summed E-state index contributed by atoms with van der Waals surface area (Å²) < 4.78 is 0. The van der Waals surface area contributed by atoms with E-state index in [1.165, 1.54) is 0 Å². The van der Waals surface area contributed by atoms with Crippen molar-refractivity contribution < 1.29 is 9.59 Å². The van der Waals surface area contributed by atoms with Crippen molar-refractivity contribution in [3.8, 4) is 0 Å². The Kier molecular flexibility index (Phi) is 4.16. The van der Waals surface area contributed by atoms with Gasteiger partial charge in [0.05, 0.1) is 0 Å². The third-order valence-electron chi connectivity index (χ3n) is 5.07. The molecule has 0 fully saturated rings. The highest BCUT2D eigenvalue weighted by Crippen LogP contribution is 2.47. The third-order valence-corrected chi connectivity index (χ3v) is 5.30. The van der Waals surface area contributed by atoms with Crippen molar-refractivity contribution in [2.24, 2.45) is 5.41 Å². The molecular weight excluding hydrogens is 322 g/mol. The SMILES string of the molecule is CC(=O)C1=C(C)NC2=C(C(=O)C(C)(C)CC2)C1c1cccc(Cl)c1. The van der Waals surface area contributed by atoms with Gasteiger partial charge in [0.25, 0.3) is 0 Å². The van der Waals surface area contributed by atoms with E-state index in [1.807, 2.05) is 39.0 Å². The molecule has 0 saturated heterocycles. The van der Waals surface area contributed by atoms with Crippen molar-refractivity contribution in [2.75, 3.05) is 0 Å². The summed E-state index contributed by atoms with van der Waals surface area (Å²) in [5.41, 5.74) is 3.65. The highest BCUT2D eigenvalue weighted by Gasteiger charge is 2.43. The summed E-state index contributed by atoms with van der Waals surface area (Å²) in [6, 6.07) is 7.47. The smallest absolute Gasteiger partial charge is 0.167 e. The van der Waals surface area contributed by atoms with E-state index in [0.717, 1.165) is 35.4 Å². The van der Waals surface area contributed by atoms with Gasteiger partial charge in [-0.2, -0.15) is 0 Å². The van der Waals surface area contributed by atoms with E-state index in [4.69, 9.17) is 11.6 Å². The number of hydrogen-bond donors (Lipinski definition) is 1. The quantitative estimate of drug-likeness (QED) is 0.857. The van der Waals surface area contributed by atoms with Gasteiger partial charge < -0.3 is 5.32 Å². The van der Waals surface area contributed by atoms with Crippen molar-refractivity contribution in [3.63, 3.8) is 0 Å². The third kappa shape index (κ3) is 2.71. The molecule has 1 N–H and O–H groups in total. The maximum absolute atomic E-state index is 13.2. The summed E-state index contributed by atoms with van der Waals surface area (Å²) in [6.45, 7) is 7.42. The lowest BCUT2D eigenvalue weighted by Gasteiger charge is -2.39. The number of hydrogen-bond acceptors (Lipinski definition) is 3. The summed E-state index contributed by atoms with van der Waals surface area (Å²) in [4.78, 5) is 25.5. The molecule has 3 nitrogen and oxygen atoms in total. The lowest BCUT2D eigenvalue weighted by molar-refractivity contribution is -0.124. The number of nitrogens with one attached hydrogen (secondary N) is 1. The predicted molar refractivity (Wildman–Crippen MR) is 95.8 cm³/mol. The lowest BCUT2D eigenvalue weighted by Crippen LogP contribution is -2.40. The van der Waals surface area contributed by atoms with Gasteiger partial charge in [-0.1, -0.05) is 37.6 Å². The second-order valence-electron chi connectivity index (χ2n) is 7.31. The van der Waals surface area contributed by atoms with Crippen LogP contribution in [0.2, 0.25) is 5.02 Å². The van der Waals surface area contributed by atoms with Gasteiger partial charge in [0.15, 0.2) is 11.6 Å². The van der Waals surface area contributed by atoms with Crippen LogP contribution in [0.25, 0.3) is 0 Å². The molecule has 1 aromatic carbocycles. The molecule has 0 aromatic heterocycles. The fraction of sp³-hybridized carbons (Fsp3) is 0.400. The number of carbonyl (C=O) groups excluding carboxylic acids is 2. The van der Waals surface area contributed by atoms with Crippen molar-refractivity contribution in [1.29, 1.82) is 0 Å². The lowest BCUT2D eigenvalue weighted by atomic mass is 9.67. The van der Waals surface area contributed by atoms with Crippen LogP contribution in [0.4, 0.5) is 0 Å². The molecule has 1 unspecified atom stereocenters. The normalized spacial score (nSPS) is 23.0. The maximum Gasteiger partial charge on any atom is 0.167 e. The Labute approximate surface area is 147 Å². The van der Waals surface area contributed by atoms with Crippen LogP contribution >= 0.6 is 11.6 Å². The number of allylic oxidation sites excluding steroid dienone is 4. The van der Waals surface area contributed by atoms with E-state index in [2.05, 4.69) is 5.32 Å². The van der Waals surface area contributed by atoms with Crippen LogP contribution in [0.5, 0.6) is 0 Å². The first-order valence-corrected chi connectivity index (χ1v) is 8.62. The van der Waals surface area contributed by atoms with Crippen molar-refractivity contribution in [2.45, 2.75) is 46.5 Å². The molecule has 3 rings (SSSR count). The Hall–Kier alpha value is -1.87. The van der Waals surface area contributed by atoms with E-state index in [0.29, 0.717) is 10.6 Å². The van der Waals surface area contributed by atoms with E-state index in [-0.39, 0.29) is 17.5 Å². The molecule has 0 spiro atoms. The largest absolute Gasteiger partial charge is 0.362 e. The van der Waals surface area contributed by atoms with Gasteiger partial charge in [-0.3, -0.25) is 9.59 Å². The maximum atomic E-state index is 13.2. The van der Waals surface area contributed by atoms with Crippen LogP contribution in [-0.4, -0.2) is 11.6 Å². The molecule has 0 saturated carbocycles. The summed E-state index contributed by atoms with van der Waals surface area (Å²) in [7, 11) is 0. The summed E-state index contributed by atoms with van der Waals surface area (Å²) >= 11 is 6.18. The van der Waals surface area contributed by atoms with Gasteiger partial charge in [0, 0.05) is 38.9 Å². The first-order chi connectivity index (χ1) is 11.2. The Balaban J connectivity index is 2.24. The Morgan fingerprint density at radius 1 is 1.33 bits per heavy atom. The van der Waals surface area contributed by atoms with Gasteiger partial charge >= 0.3 is 0 Å². The van der Waals surface area contributed by atoms with Crippen LogP contribution in [0.3, 0.4) is 0 Å². The zero-order chi connectivity index (χ0) is 17.6. The van der Waals surface area contributed by atoms with E-state index < -0.39 is 5.41 Å². The Morgan fingerprint density at radius 2 is 2.04 bits per heavy atom. The molecular formula is C20H22ClNO2. The number of halogens is 1. The number of Topliss-reactive ketones (excluding diaryl/α,β-unsaturated/α-hetero) is 2. The molecule has 0 bridgehead atoms. The molecule has 1 heterocycles. The Morgan fingerprint density at radius 3 is 2.67 bits per heavy atom. The monoisotopic (exact) mass is 343 g/mol. The van der Waals surface area contributed by atoms with E-state index in [9.17, 15) is 9.59 Å². The van der Waals surface area contributed by atoms with Crippen LogP contribution in [0.1, 0.15) is 52.0 Å². The zero-order valence-electron chi connectivity index (χ0n) is 14.5. The fourth-order valence-corrected chi connectivity index (χ4v) is 3.96. The number of ketones is 2. The number of rotatable bonds is 2. The van der Waals surface area contributed by atoms with Crippen molar-refractivity contribution in [1.82, 2.24) is 5.32 Å². The minimum absolute atomic E-state index is 0.0206. The summed E-state index contributed by atoms with van der Waals surface area (Å²) in [6.07, 6.45) is 1.62. The molecule has 2 aliphatic rings. The molecule has 1 aliphatic carbocycles. The zero-order valence-corrected chi connectivity index (χ0v) is 15.3. The van der Waals surface area contributed by atoms with Gasteiger partial charge in [-0.05, 0) is 44.4 Å². The topological polar surface area (TPSA) is 46.2 Å². The van der Waals surface area contributed by atoms with E-state index >= 15 is 0 Å². The molecule has 1 atom stereocenters. The van der Waals surface area contributed by atoms with Crippen molar-refractivity contribution in [3.05, 3.63) is 57.4 Å². The second kappa shape index (κ2) is 5.89. The molecule has 1 aliphatic heterocycles. The van der Waals surface area contributed by atoms with Crippen LogP contribution in [0, 0.1) is 5.41 Å². The van der Waals surface area contributed by atoms with Crippen LogP contribution in [0.15, 0.2) is 46.8 Å². The average molecular weight is 344 g/mol. The standard InChI is InChI=1S/C20H22ClNO2/c1-11-16(12(2)23)17(13-6-5-7-14(21)10-13)18-15(22-11)8-9-20(3,4)19(18)24/h5-7,10,17,22H,8-9H2,1-4H3. The molecule has 126 valence electrons. The fourth-order valence-electron chi connectivity index (χ4n) is 3.76. The minimum atomic E-state index is -0.412.